The van der Waals surface area contributed by atoms with Crippen LogP contribution in [0.25, 0.3) is 22.2 Å². The Morgan fingerprint density at radius 3 is 2.82 bits per heavy atom. The van der Waals surface area contributed by atoms with E-state index in [1.165, 1.54) is 0 Å². The van der Waals surface area contributed by atoms with Gasteiger partial charge in [-0.05, 0) is 39.4 Å². The molecule has 11 heteroatoms. The Hall–Kier alpha value is -3.96. The van der Waals surface area contributed by atoms with Crippen LogP contribution >= 0.6 is 0 Å². The lowest BCUT2D eigenvalue weighted by Gasteiger charge is -2.41. The molecule has 1 aliphatic heterocycles. The maximum Gasteiger partial charge on any atom is 0.256 e. The van der Waals surface area contributed by atoms with Gasteiger partial charge < -0.3 is 25.3 Å². The summed E-state index contributed by atoms with van der Waals surface area (Å²) in [7, 11) is 5.52. The summed E-state index contributed by atoms with van der Waals surface area (Å²) in [6, 6.07) is 5.99. The number of hydrogen-bond acceptors (Lipinski definition) is 8. The molecule has 1 saturated heterocycles. The van der Waals surface area contributed by atoms with Gasteiger partial charge in [-0.1, -0.05) is 12.1 Å². The summed E-state index contributed by atoms with van der Waals surface area (Å²) in [5, 5.41) is 11.6. The second kappa shape index (κ2) is 10.4. The van der Waals surface area contributed by atoms with Gasteiger partial charge in [0, 0.05) is 56.1 Å². The van der Waals surface area contributed by atoms with Crippen molar-refractivity contribution in [2.24, 2.45) is 7.05 Å². The lowest BCUT2D eigenvalue weighted by atomic mass is 10.1. The zero-order chi connectivity index (χ0) is 27.0. The summed E-state index contributed by atoms with van der Waals surface area (Å²) in [6.07, 6.45) is 5.53. The van der Waals surface area contributed by atoms with E-state index in [-0.39, 0.29) is 11.9 Å². The number of nitrogens with one attached hydrogen (secondary N) is 3. The van der Waals surface area contributed by atoms with Gasteiger partial charge >= 0.3 is 0 Å². The largest absolute Gasteiger partial charge is 0.478 e. The van der Waals surface area contributed by atoms with E-state index < -0.39 is 0 Å². The molecule has 3 aromatic heterocycles. The Morgan fingerprint density at radius 1 is 1.24 bits per heavy atom. The summed E-state index contributed by atoms with van der Waals surface area (Å²) in [5.74, 6) is 0.886. The van der Waals surface area contributed by atoms with E-state index in [0.29, 0.717) is 23.6 Å². The minimum Gasteiger partial charge on any atom is -0.478 e. The van der Waals surface area contributed by atoms with Gasteiger partial charge in [0.05, 0.1) is 36.2 Å². The Bertz CT molecular complexity index is 1460. The fourth-order valence-electron chi connectivity index (χ4n) is 5.17. The standard InChI is InChI=1S/C27H35N9O2/c1-16-12-29-27(31-22-15-35(5)33-26(22)38-6)32-23(16)20-13-28-24-19(20)8-7-9-21(24)30-25(37)18(3)36-11-10-34(4)14-17(36)2/h7-9,12-13,15,17-18,28H,10-11,14H2,1-6H3,(H,30,37)(H,29,31,32)/t17-,18?/m1/s1. The topological polar surface area (TPSA) is 116 Å². The van der Waals surface area contributed by atoms with Gasteiger partial charge in [0.2, 0.25) is 11.9 Å². The Kier molecular flexibility index (Phi) is 7.04. The lowest BCUT2D eigenvalue weighted by Crippen LogP contribution is -2.56. The molecule has 0 aliphatic carbocycles. The van der Waals surface area contributed by atoms with E-state index in [0.717, 1.165) is 53.0 Å². The number of methoxy groups -OCH3 is 1. The molecule has 4 heterocycles. The van der Waals surface area contributed by atoms with Crippen LogP contribution in [0.2, 0.25) is 0 Å². The third-order valence-corrected chi connectivity index (χ3v) is 7.19. The number of anilines is 3. The SMILES string of the molecule is COc1nn(C)cc1Nc1ncc(C)c(-c2c[nH]c3c(NC(=O)C(C)N4CCN(C)C[C@H]4C)cccc23)n1. The van der Waals surface area contributed by atoms with Crippen LogP contribution in [0.4, 0.5) is 17.3 Å². The number of rotatable bonds is 7. The molecule has 0 bridgehead atoms. The second-order valence-corrected chi connectivity index (χ2v) is 10.0. The van der Waals surface area contributed by atoms with Crippen LogP contribution in [0.15, 0.2) is 36.8 Å². The predicted octanol–water partition coefficient (Wildman–Crippen LogP) is 3.38. The zero-order valence-corrected chi connectivity index (χ0v) is 22.7. The van der Waals surface area contributed by atoms with E-state index in [1.54, 1.807) is 18.0 Å². The van der Waals surface area contributed by atoms with E-state index in [1.807, 2.05) is 51.5 Å². The molecule has 4 aromatic rings. The molecule has 1 unspecified atom stereocenters. The molecule has 38 heavy (non-hydrogen) atoms. The minimum absolute atomic E-state index is 0.0137. The van der Waals surface area contributed by atoms with Crippen LogP contribution in [0, 0.1) is 6.92 Å². The van der Waals surface area contributed by atoms with Gasteiger partial charge in [-0.3, -0.25) is 14.4 Å². The molecule has 11 nitrogen and oxygen atoms in total. The van der Waals surface area contributed by atoms with Crippen molar-refractivity contribution in [3.8, 4) is 17.1 Å². The molecule has 0 radical (unpaired) electrons. The molecular formula is C27H35N9O2. The van der Waals surface area contributed by atoms with Crippen LogP contribution in [0.5, 0.6) is 5.88 Å². The predicted molar refractivity (Wildman–Crippen MR) is 149 cm³/mol. The van der Waals surface area contributed by atoms with Crippen LogP contribution in [0.1, 0.15) is 19.4 Å². The van der Waals surface area contributed by atoms with Gasteiger partial charge in [-0.2, -0.15) is 0 Å². The van der Waals surface area contributed by atoms with Crippen molar-refractivity contribution in [1.82, 2.24) is 34.5 Å². The summed E-state index contributed by atoms with van der Waals surface area (Å²) in [6.45, 7) is 8.92. The smallest absolute Gasteiger partial charge is 0.256 e. The second-order valence-electron chi connectivity index (χ2n) is 10.0. The number of piperazine rings is 1. The highest BCUT2D eigenvalue weighted by atomic mass is 16.5. The molecule has 0 saturated carbocycles. The average molecular weight is 518 g/mol. The number of nitrogens with zero attached hydrogens (tertiary/aromatic N) is 6. The highest BCUT2D eigenvalue weighted by Gasteiger charge is 2.30. The lowest BCUT2D eigenvalue weighted by molar-refractivity contribution is -0.122. The Balaban J connectivity index is 1.41. The number of likely N-dealkylation sites (N-methyl/N-ethyl adjacent to an activating group) is 1. The first-order valence-corrected chi connectivity index (χ1v) is 12.8. The van der Waals surface area contributed by atoms with Crippen LogP contribution in [0.3, 0.4) is 0 Å². The van der Waals surface area contributed by atoms with Crippen LogP contribution < -0.4 is 15.4 Å². The van der Waals surface area contributed by atoms with Gasteiger partial charge in [-0.25, -0.2) is 9.97 Å². The Labute approximate surface area is 222 Å². The van der Waals surface area contributed by atoms with Crippen molar-refractivity contribution < 1.29 is 9.53 Å². The third kappa shape index (κ3) is 4.94. The number of amides is 1. The molecule has 5 rings (SSSR count). The first-order valence-electron chi connectivity index (χ1n) is 12.8. The number of carbonyl (C=O) groups excluding carboxylic acids is 1. The van der Waals surface area contributed by atoms with Crippen LogP contribution in [-0.2, 0) is 11.8 Å². The average Bonchev–Trinajstić information content (AvgIpc) is 3.48. The van der Waals surface area contributed by atoms with Crippen molar-refractivity contribution >= 4 is 34.1 Å². The van der Waals surface area contributed by atoms with Crippen molar-refractivity contribution in [3.05, 3.63) is 42.4 Å². The summed E-state index contributed by atoms with van der Waals surface area (Å²) >= 11 is 0. The van der Waals surface area contributed by atoms with Gasteiger partial charge in [-0.15, -0.1) is 5.10 Å². The molecular weight excluding hydrogens is 482 g/mol. The number of fused-ring (bicyclic) bond motifs is 1. The molecule has 3 N–H and O–H groups in total. The van der Waals surface area contributed by atoms with Crippen molar-refractivity contribution in [1.29, 1.82) is 0 Å². The fourth-order valence-corrected chi connectivity index (χ4v) is 5.17. The van der Waals surface area contributed by atoms with E-state index in [2.05, 4.69) is 49.5 Å². The molecule has 1 aliphatic rings. The molecule has 1 fully saturated rings. The Morgan fingerprint density at radius 2 is 2.05 bits per heavy atom. The zero-order valence-electron chi connectivity index (χ0n) is 22.7. The summed E-state index contributed by atoms with van der Waals surface area (Å²) < 4.78 is 7.00. The molecule has 1 aromatic carbocycles. The number of H-pyrrole nitrogens is 1. The monoisotopic (exact) mass is 517 g/mol. The number of para-hydroxylation sites is 1. The maximum absolute atomic E-state index is 13.3. The van der Waals surface area contributed by atoms with Crippen molar-refractivity contribution in [2.75, 3.05) is 44.4 Å². The van der Waals surface area contributed by atoms with E-state index in [9.17, 15) is 4.79 Å². The molecule has 200 valence electrons. The number of hydrogen-bond donors (Lipinski definition) is 3. The van der Waals surface area contributed by atoms with Crippen LogP contribution in [-0.4, -0.2) is 86.3 Å². The first-order chi connectivity index (χ1) is 18.2. The van der Waals surface area contributed by atoms with E-state index >= 15 is 0 Å². The fraction of sp³-hybridized carbons (Fsp3) is 0.407. The van der Waals surface area contributed by atoms with Gasteiger partial charge in [0.15, 0.2) is 0 Å². The summed E-state index contributed by atoms with van der Waals surface area (Å²) in [5.41, 5.74) is 4.94. The number of aryl methyl sites for hydroxylation is 2. The third-order valence-electron chi connectivity index (χ3n) is 7.19. The molecule has 1 amide bonds. The van der Waals surface area contributed by atoms with Gasteiger partial charge in [0.25, 0.3) is 5.88 Å². The number of carbonyl (C=O) groups is 1. The molecule has 0 spiro atoms. The number of aromatic amines is 1. The molecule has 2 atom stereocenters. The van der Waals surface area contributed by atoms with Crippen molar-refractivity contribution in [3.63, 3.8) is 0 Å². The number of ether oxygens (including phenoxy) is 1. The quantitative estimate of drug-likeness (QED) is 0.342. The maximum atomic E-state index is 13.3. The minimum atomic E-state index is -0.231. The number of benzene rings is 1. The van der Waals surface area contributed by atoms with Gasteiger partial charge in [0.1, 0.15) is 5.69 Å². The highest BCUT2D eigenvalue weighted by Crippen LogP contribution is 2.34. The van der Waals surface area contributed by atoms with E-state index in [4.69, 9.17) is 9.72 Å². The normalized spacial score (nSPS) is 17.5. The summed E-state index contributed by atoms with van der Waals surface area (Å²) in [4.78, 5) is 30.5. The first kappa shape index (κ1) is 25.7. The highest BCUT2D eigenvalue weighted by molar-refractivity contribution is 6.06. The number of aromatic nitrogens is 5. The van der Waals surface area contributed by atoms with Crippen molar-refractivity contribution in [2.45, 2.75) is 32.9 Å².